The Bertz CT molecular complexity index is 1310. The fraction of sp³-hybridized carbons (Fsp3) is 0.167. The zero-order chi connectivity index (χ0) is 25.5. The summed E-state index contributed by atoms with van der Waals surface area (Å²) in [5.41, 5.74) is 0.702. The van der Waals surface area contributed by atoms with Crippen molar-refractivity contribution >= 4 is 105 Å². The number of rotatable bonds is 7. The molecule has 0 aliphatic heterocycles. The van der Waals surface area contributed by atoms with Crippen LogP contribution in [0.5, 0.6) is 0 Å². The van der Waals surface area contributed by atoms with Crippen molar-refractivity contribution in [2.24, 2.45) is 5.41 Å². The van der Waals surface area contributed by atoms with Crippen molar-refractivity contribution in [2.75, 3.05) is 17.2 Å². The van der Waals surface area contributed by atoms with Gasteiger partial charge in [0.05, 0.1) is 26.0 Å². The maximum atomic E-state index is 12.8. The Labute approximate surface area is 236 Å². The van der Waals surface area contributed by atoms with Gasteiger partial charge in [0, 0.05) is 33.9 Å². The van der Waals surface area contributed by atoms with E-state index in [-0.39, 0.29) is 17.1 Å². The van der Waals surface area contributed by atoms with Gasteiger partial charge in [-0.3, -0.25) is 4.79 Å². The molecule has 0 spiro atoms. The maximum Gasteiger partial charge on any atom is 0.257 e. The lowest BCUT2D eigenvalue weighted by molar-refractivity contribution is -0.112. The summed E-state index contributed by atoms with van der Waals surface area (Å²) in [6.45, 7) is 0.0911. The highest BCUT2D eigenvalue weighted by Gasteiger charge is 2.76. The molecular weight excluding hydrogens is 596 g/mol. The van der Waals surface area contributed by atoms with Crippen LogP contribution < -0.4 is 10.6 Å². The SMILES string of the molecule is O=CC1(CNc2ccc(Cl)c(C(=O)Nc3ccc(Cl)c(Cl)c3)c2)C(c2cc(Cl)cc(Cl)c2)C1(Cl)Cl. The predicted molar refractivity (Wildman–Crippen MR) is 146 cm³/mol. The molecule has 0 saturated heterocycles. The Morgan fingerprint density at radius 2 is 1.46 bits per heavy atom. The average Bonchev–Trinajstić information content (AvgIpc) is 3.29. The van der Waals surface area contributed by atoms with Crippen LogP contribution in [0.1, 0.15) is 21.8 Å². The van der Waals surface area contributed by atoms with Crippen molar-refractivity contribution in [2.45, 2.75) is 10.3 Å². The Kier molecular flexibility index (Phi) is 7.76. The third kappa shape index (κ3) is 5.21. The molecule has 1 aliphatic carbocycles. The smallest absolute Gasteiger partial charge is 0.257 e. The topological polar surface area (TPSA) is 58.2 Å². The summed E-state index contributed by atoms with van der Waals surface area (Å²) in [5, 5.41) is 7.59. The summed E-state index contributed by atoms with van der Waals surface area (Å²) in [6, 6.07) is 14.5. The molecule has 4 nitrogen and oxygen atoms in total. The first kappa shape index (κ1) is 26.7. The highest BCUT2D eigenvalue weighted by atomic mass is 35.5. The van der Waals surface area contributed by atoms with E-state index in [1.54, 1.807) is 48.5 Å². The molecule has 1 aliphatic rings. The number of anilines is 2. The summed E-state index contributed by atoms with van der Waals surface area (Å²) < 4.78 is -1.38. The summed E-state index contributed by atoms with van der Waals surface area (Å²) in [6.07, 6.45) is 0.729. The van der Waals surface area contributed by atoms with Crippen LogP contribution in [-0.2, 0) is 4.79 Å². The Balaban J connectivity index is 1.53. The molecule has 2 unspecified atom stereocenters. The van der Waals surface area contributed by atoms with E-state index in [2.05, 4.69) is 10.6 Å². The molecule has 2 N–H and O–H groups in total. The molecule has 0 bridgehead atoms. The van der Waals surface area contributed by atoms with Crippen LogP contribution in [-0.4, -0.2) is 23.1 Å². The van der Waals surface area contributed by atoms with Crippen LogP contribution in [0.15, 0.2) is 54.6 Å². The second kappa shape index (κ2) is 10.2. The lowest BCUT2D eigenvalue weighted by Gasteiger charge is -2.15. The van der Waals surface area contributed by atoms with Crippen LogP contribution in [0.4, 0.5) is 11.4 Å². The Hall–Kier alpha value is -1.37. The van der Waals surface area contributed by atoms with Gasteiger partial charge in [-0.2, -0.15) is 0 Å². The molecular formula is C24H15Cl7N2O2. The monoisotopic (exact) mass is 608 g/mol. The molecule has 35 heavy (non-hydrogen) atoms. The molecule has 182 valence electrons. The van der Waals surface area contributed by atoms with Crippen molar-refractivity contribution in [3.8, 4) is 0 Å². The molecule has 4 rings (SSSR count). The molecule has 1 saturated carbocycles. The van der Waals surface area contributed by atoms with Gasteiger partial charge >= 0.3 is 0 Å². The van der Waals surface area contributed by atoms with E-state index >= 15 is 0 Å². The lowest BCUT2D eigenvalue weighted by Crippen LogP contribution is -2.23. The van der Waals surface area contributed by atoms with Gasteiger partial charge < -0.3 is 15.4 Å². The molecule has 1 fully saturated rings. The van der Waals surface area contributed by atoms with Crippen LogP contribution in [0, 0.1) is 5.41 Å². The number of alkyl halides is 2. The second-order valence-electron chi connectivity index (χ2n) is 8.05. The average molecular weight is 612 g/mol. The van der Waals surface area contributed by atoms with Gasteiger partial charge in [0.15, 0.2) is 0 Å². The number of hydrogen-bond acceptors (Lipinski definition) is 3. The van der Waals surface area contributed by atoms with Crippen LogP contribution >= 0.6 is 81.2 Å². The van der Waals surface area contributed by atoms with Gasteiger partial charge in [-0.05, 0) is 60.2 Å². The number of halogens is 7. The van der Waals surface area contributed by atoms with Crippen LogP contribution in [0.2, 0.25) is 25.1 Å². The second-order valence-corrected chi connectivity index (χ2v) is 11.5. The van der Waals surface area contributed by atoms with Gasteiger partial charge in [0.2, 0.25) is 0 Å². The van der Waals surface area contributed by atoms with E-state index in [0.717, 1.165) is 6.29 Å². The molecule has 2 atom stereocenters. The number of benzene rings is 3. The number of aldehydes is 1. The van der Waals surface area contributed by atoms with Gasteiger partial charge in [0.1, 0.15) is 10.6 Å². The van der Waals surface area contributed by atoms with Crippen molar-refractivity contribution in [1.29, 1.82) is 0 Å². The van der Waals surface area contributed by atoms with E-state index in [9.17, 15) is 9.59 Å². The fourth-order valence-corrected chi connectivity index (χ4v) is 5.98. The molecule has 1 amide bonds. The standard InChI is InChI=1S/C24H15Cl7N2O2/c25-13-5-12(6-14(26)7-13)21-23(11-34,24(21,30)31)10-32-15-1-3-18(27)17(8-15)22(35)33-16-2-4-19(28)20(29)9-16/h1-9,11,21,32H,10H2,(H,33,35). The summed E-state index contributed by atoms with van der Waals surface area (Å²) in [4.78, 5) is 25.0. The minimum Gasteiger partial charge on any atom is -0.384 e. The van der Waals surface area contributed by atoms with E-state index in [1.165, 1.54) is 6.07 Å². The lowest BCUT2D eigenvalue weighted by atomic mass is 10.00. The first-order valence-corrected chi connectivity index (χ1v) is 12.7. The number of carbonyl (C=O) groups is 2. The maximum absolute atomic E-state index is 12.8. The first-order chi connectivity index (χ1) is 16.5. The highest BCUT2D eigenvalue weighted by Crippen LogP contribution is 2.73. The van der Waals surface area contributed by atoms with Crippen LogP contribution in [0.3, 0.4) is 0 Å². The Morgan fingerprint density at radius 3 is 2.09 bits per heavy atom. The first-order valence-electron chi connectivity index (χ1n) is 10.1. The quantitative estimate of drug-likeness (QED) is 0.208. The molecule has 0 aromatic heterocycles. The summed E-state index contributed by atoms with van der Waals surface area (Å²) in [7, 11) is 0. The van der Waals surface area contributed by atoms with Crippen molar-refractivity contribution in [3.05, 3.63) is 90.8 Å². The van der Waals surface area contributed by atoms with Gasteiger partial charge in [-0.1, -0.05) is 81.2 Å². The van der Waals surface area contributed by atoms with E-state index in [4.69, 9.17) is 81.2 Å². The number of nitrogens with one attached hydrogen (secondary N) is 2. The fourth-order valence-electron chi connectivity index (χ4n) is 3.96. The zero-order valence-electron chi connectivity index (χ0n) is 17.5. The summed E-state index contributed by atoms with van der Waals surface area (Å²) in [5.74, 6) is -0.992. The van der Waals surface area contributed by atoms with E-state index < -0.39 is 21.6 Å². The number of carbonyl (C=O) groups excluding carboxylic acids is 2. The molecule has 0 heterocycles. The van der Waals surface area contributed by atoms with Crippen molar-refractivity contribution in [3.63, 3.8) is 0 Å². The molecule has 0 radical (unpaired) electrons. The van der Waals surface area contributed by atoms with Gasteiger partial charge in [-0.25, -0.2) is 0 Å². The zero-order valence-corrected chi connectivity index (χ0v) is 22.8. The third-order valence-electron chi connectivity index (χ3n) is 5.82. The van der Waals surface area contributed by atoms with Crippen LogP contribution in [0.25, 0.3) is 0 Å². The largest absolute Gasteiger partial charge is 0.384 e. The van der Waals surface area contributed by atoms with Gasteiger partial charge in [0.25, 0.3) is 5.91 Å². The van der Waals surface area contributed by atoms with E-state index in [0.29, 0.717) is 37.0 Å². The highest BCUT2D eigenvalue weighted by molar-refractivity contribution is 6.54. The van der Waals surface area contributed by atoms with E-state index in [1.807, 2.05) is 0 Å². The van der Waals surface area contributed by atoms with Gasteiger partial charge in [-0.15, -0.1) is 0 Å². The minimum absolute atomic E-state index is 0.0911. The number of hydrogen-bond donors (Lipinski definition) is 2. The third-order valence-corrected chi connectivity index (χ3v) is 8.46. The van der Waals surface area contributed by atoms with Crippen molar-refractivity contribution in [1.82, 2.24) is 0 Å². The minimum atomic E-state index is -1.38. The molecule has 3 aromatic carbocycles. The number of amides is 1. The molecule has 11 heteroatoms. The molecule has 3 aromatic rings. The van der Waals surface area contributed by atoms with Crippen molar-refractivity contribution < 1.29 is 9.59 Å². The summed E-state index contributed by atoms with van der Waals surface area (Å²) >= 11 is 43.6. The predicted octanol–water partition coefficient (Wildman–Crippen LogP) is 8.77. The Morgan fingerprint density at radius 1 is 0.829 bits per heavy atom. The normalized spacial score (nSPS) is 20.3.